The van der Waals surface area contributed by atoms with Gasteiger partial charge in [0.1, 0.15) is 0 Å². The fraction of sp³-hybridized carbons (Fsp3) is 0.214. The Hall–Kier alpha value is -1.94. The Labute approximate surface area is 115 Å². The van der Waals surface area contributed by atoms with Crippen LogP contribution in [-0.4, -0.2) is 15.1 Å². The van der Waals surface area contributed by atoms with E-state index in [0.29, 0.717) is 11.7 Å². The highest BCUT2D eigenvalue weighted by molar-refractivity contribution is 6.20. The quantitative estimate of drug-likeness (QED) is 0.665. The second-order valence-electron chi connectivity index (χ2n) is 4.40. The largest absolute Gasteiger partial charge is 0.334 e. The third-order valence-electron chi connectivity index (χ3n) is 2.87. The maximum absolute atomic E-state index is 5.96. The highest BCUT2D eigenvalue weighted by atomic mass is 35.5. The standard InChI is InChI=1S/C14H12ClN3O/c1-8-7-11(10-5-3-4-6-12(10)16-8)14-17-13(9(2)15)18-19-14/h3-7,9H,1-2H3. The van der Waals surface area contributed by atoms with Gasteiger partial charge in [-0.15, -0.1) is 11.6 Å². The minimum atomic E-state index is -0.272. The molecule has 4 nitrogen and oxygen atoms in total. The molecular formula is C14H12ClN3O. The zero-order valence-corrected chi connectivity index (χ0v) is 11.3. The molecule has 0 aliphatic heterocycles. The van der Waals surface area contributed by atoms with Gasteiger partial charge in [-0.1, -0.05) is 23.4 Å². The van der Waals surface area contributed by atoms with Crippen LogP contribution < -0.4 is 0 Å². The van der Waals surface area contributed by atoms with Crippen molar-refractivity contribution >= 4 is 22.5 Å². The molecule has 3 aromatic rings. The number of benzene rings is 1. The number of aromatic nitrogens is 3. The fourth-order valence-corrected chi connectivity index (χ4v) is 2.08. The average Bonchev–Trinajstić information content (AvgIpc) is 2.87. The number of nitrogens with zero attached hydrogens (tertiary/aromatic N) is 3. The van der Waals surface area contributed by atoms with Gasteiger partial charge in [-0.05, 0) is 26.0 Å². The molecular weight excluding hydrogens is 262 g/mol. The first kappa shape index (κ1) is 12.1. The van der Waals surface area contributed by atoms with E-state index in [1.54, 1.807) is 0 Å². The van der Waals surface area contributed by atoms with Crippen LogP contribution in [0.3, 0.4) is 0 Å². The van der Waals surface area contributed by atoms with E-state index in [1.807, 2.05) is 44.2 Å². The van der Waals surface area contributed by atoms with Crippen molar-refractivity contribution in [2.75, 3.05) is 0 Å². The molecule has 0 fully saturated rings. The van der Waals surface area contributed by atoms with Gasteiger partial charge in [0.05, 0.1) is 16.5 Å². The summed E-state index contributed by atoms with van der Waals surface area (Å²) in [6.07, 6.45) is 0. The van der Waals surface area contributed by atoms with Gasteiger partial charge in [-0.25, -0.2) is 0 Å². The Morgan fingerprint density at radius 1 is 1.21 bits per heavy atom. The van der Waals surface area contributed by atoms with E-state index < -0.39 is 0 Å². The third kappa shape index (κ3) is 2.19. The maximum atomic E-state index is 5.96. The molecule has 0 aliphatic rings. The number of alkyl halides is 1. The number of aryl methyl sites for hydroxylation is 1. The van der Waals surface area contributed by atoms with Gasteiger partial charge >= 0.3 is 0 Å². The maximum Gasteiger partial charge on any atom is 0.258 e. The number of hydrogen-bond donors (Lipinski definition) is 0. The van der Waals surface area contributed by atoms with E-state index in [-0.39, 0.29) is 5.38 Å². The van der Waals surface area contributed by atoms with Gasteiger partial charge in [0.2, 0.25) is 0 Å². The predicted molar refractivity (Wildman–Crippen MR) is 74.0 cm³/mol. The summed E-state index contributed by atoms with van der Waals surface area (Å²) in [5.74, 6) is 0.972. The lowest BCUT2D eigenvalue weighted by molar-refractivity contribution is 0.423. The van der Waals surface area contributed by atoms with Crippen LogP contribution in [0.15, 0.2) is 34.9 Å². The Kier molecular flexibility index (Phi) is 2.95. The number of hydrogen-bond acceptors (Lipinski definition) is 4. The molecule has 0 bridgehead atoms. The number of halogens is 1. The molecule has 5 heteroatoms. The van der Waals surface area contributed by atoms with Crippen LogP contribution in [0.1, 0.15) is 23.8 Å². The second kappa shape index (κ2) is 4.63. The minimum absolute atomic E-state index is 0.272. The first-order valence-corrected chi connectivity index (χ1v) is 6.43. The zero-order valence-electron chi connectivity index (χ0n) is 10.6. The van der Waals surface area contributed by atoms with E-state index in [0.717, 1.165) is 22.2 Å². The first-order chi connectivity index (χ1) is 9.15. The van der Waals surface area contributed by atoms with E-state index in [2.05, 4.69) is 15.1 Å². The zero-order chi connectivity index (χ0) is 13.4. The molecule has 1 unspecified atom stereocenters. The smallest absolute Gasteiger partial charge is 0.258 e. The SMILES string of the molecule is Cc1cc(-c2nc(C(C)Cl)no2)c2ccccc2n1. The van der Waals surface area contributed by atoms with E-state index in [9.17, 15) is 0 Å². The average molecular weight is 274 g/mol. The Morgan fingerprint density at radius 2 is 2.00 bits per heavy atom. The lowest BCUT2D eigenvalue weighted by Crippen LogP contribution is -1.90. The van der Waals surface area contributed by atoms with Crippen LogP contribution in [0.5, 0.6) is 0 Å². The lowest BCUT2D eigenvalue weighted by Gasteiger charge is -2.03. The molecule has 2 heterocycles. The molecule has 0 aliphatic carbocycles. The van der Waals surface area contributed by atoms with Crippen molar-refractivity contribution in [2.24, 2.45) is 0 Å². The lowest BCUT2D eigenvalue weighted by atomic mass is 10.1. The van der Waals surface area contributed by atoms with Gasteiger partial charge < -0.3 is 4.52 Å². The van der Waals surface area contributed by atoms with Crippen LogP contribution in [0.2, 0.25) is 0 Å². The normalized spacial score (nSPS) is 12.8. The molecule has 0 radical (unpaired) electrons. The summed E-state index contributed by atoms with van der Waals surface area (Å²) >= 11 is 5.96. The second-order valence-corrected chi connectivity index (χ2v) is 5.06. The predicted octanol–water partition coefficient (Wildman–Crippen LogP) is 3.89. The summed E-state index contributed by atoms with van der Waals surface area (Å²) in [6, 6.07) is 9.82. The summed E-state index contributed by atoms with van der Waals surface area (Å²) in [5, 5.41) is 4.61. The highest BCUT2D eigenvalue weighted by Crippen LogP contribution is 2.28. The molecule has 3 rings (SSSR count). The Bertz CT molecular complexity index is 736. The van der Waals surface area contributed by atoms with E-state index >= 15 is 0 Å². The third-order valence-corrected chi connectivity index (χ3v) is 3.07. The molecule has 96 valence electrons. The van der Waals surface area contributed by atoms with Crippen molar-refractivity contribution in [1.29, 1.82) is 0 Å². The van der Waals surface area contributed by atoms with Gasteiger partial charge in [0.15, 0.2) is 5.82 Å². The molecule has 0 spiro atoms. The van der Waals surface area contributed by atoms with Crippen LogP contribution in [0.25, 0.3) is 22.4 Å². The van der Waals surface area contributed by atoms with Crippen molar-refractivity contribution in [3.8, 4) is 11.5 Å². The summed E-state index contributed by atoms with van der Waals surface area (Å²) < 4.78 is 5.30. The van der Waals surface area contributed by atoms with Crippen LogP contribution in [-0.2, 0) is 0 Å². The topological polar surface area (TPSA) is 51.8 Å². The molecule has 1 atom stereocenters. The molecule has 1 aromatic carbocycles. The van der Waals surface area contributed by atoms with Crippen LogP contribution in [0.4, 0.5) is 0 Å². The van der Waals surface area contributed by atoms with Crippen molar-refractivity contribution in [2.45, 2.75) is 19.2 Å². The first-order valence-electron chi connectivity index (χ1n) is 5.99. The van der Waals surface area contributed by atoms with Gasteiger partial charge in [-0.3, -0.25) is 4.98 Å². The monoisotopic (exact) mass is 273 g/mol. The summed E-state index contributed by atoms with van der Waals surface area (Å²) in [7, 11) is 0. The summed E-state index contributed by atoms with van der Waals surface area (Å²) in [5.41, 5.74) is 2.71. The molecule has 0 amide bonds. The summed E-state index contributed by atoms with van der Waals surface area (Å²) in [6.45, 7) is 3.75. The van der Waals surface area contributed by atoms with Crippen LogP contribution in [0, 0.1) is 6.92 Å². The van der Waals surface area contributed by atoms with Crippen LogP contribution >= 0.6 is 11.6 Å². The Morgan fingerprint density at radius 3 is 2.74 bits per heavy atom. The van der Waals surface area contributed by atoms with Gasteiger partial charge in [0, 0.05) is 11.1 Å². The molecule has 2 aromatic heterocycles. The summed E-state index contributed by atoms with van der Waals surface area (Å²) in [4.78, 5) is 8.82. The van der Waals surface area contributed by atoms with Gasteiger partial charge in [0.25, 0.3) is 5.89 Å². The molecule has 0 N–H and O–H groups in total. The van der Waals surface area contributed by atoms with Crippen molar-refractivity contribution < 1.29 is 4.52 Å². The van der Waals surface area contributed by atoms with E-state index in [4.69, 9.17) is 16.1 Å². The number of fused-ring (bicyclic) bond motifs is 1. The van der Waals surface area contributed by atoms with E-state index in [1.165, 1.54) is 0 Å². The number of pyridine rings is 1. The van der Waals surface area contributed by atoms with Gasteiger partial charge in [-0.2, -0.15) is 4.98 Å². The van der Waals surface area contributed by atoms with Crippen molar-refractivity contribution in [1.82, 2.24) is 15.1 Å². The number of rotatable bonds is 2. The minimum Gasteiger partial charge on any atom is -0.334 e. The molecule has 0 saturated heterocycles. The Balaban J connectivity index is 2.23. The van der Waals surface area contributed by atoms with Crippen molar-refractivity contribution in [3.05, 3.63) is 41.9 Å². The number of para-hydroxylation sites is 1. The van der Waals surface area contributed by atoms with Crippen molar-refractivity contribution in [3.63, 3.8) is 0 Å². The molecule has 19 heavy (non-hydrogen) atoms. The molecule has 0 saturated carbocycles. The highest BCUT2D eigenvalue weighted by Gasteiger charge is 2.15. The fourth-order valence-electron chi connectivity index (χ4n) is 1.99.